The Hall–Kier alpha value is -2.30. The molecule has 0 saturated carbocycles. The van der Waals surface area contributed by atoms with E-state index in [9.17, 15) is 9.59 Å². The van der Waals surface area contributed by atoms with Crippen molar-refractivity contribution in [3.05, 3.63) is 36.0 Å². The van der Waals surface area contributed by atoms with Gasteiger partial charge < -0.3 is 14.6 Å². The Balaban J connectivity index is 1.47. The van der Waals surface area contributed by atoms with Gasteiger partial charge in [-0.2, -0.15) is 0 Å². The molecule has 1 saturated heterocycles. The minimum Gasteiger partial charge on any atom is -0.456 e. The van der Waals surface area contributed by atoms with Crippen LogP contribution in [0.5, 0.6) is 0 Å². The van der Waals surface area contributed by atoms with Crippen molar-refractivity contribution in [2.24, 2.45) is 0 Å². The number of likely N-dealkylation sites (tertiary alicyclic amines) is 1. The van der Waals surface area contributed by atoms with E-state index in [0.29, 0.717) is 6.42 Å². The van der Waals surface area contributed by atoms with Gasteiger partial charge in [0.15, 0.2) is 6.61 Å². The third-order valence-corrected chi connectivity index (χ3v) is 4.09. The van der Waals surface area contributed by atoms with Gasteiger partial charge in [0.05, 0.1) is 0 Å². The summed E-state index contributed by atoms with van der Waals surface area (Å²) in [5, 5.41) is 1.13. The molecule has 1 amide bonds. The minimum absolute atomic E-state index is 0.0852. The normalized spacial score (nSPS) is 14.5. The van der Waals surface area contributed by atoms with Crippen molar-refractivity contribution in [2.45, 2.75) is 25.7 Å². The maximum Gasteiger partial charge on any atom is 0.306 e. The fraction of sp³-hybridized carbons (Fsp3) is 0.412. The van der Waals surface area contributed by atoms with Gasteiger partial charge in [-0.05, 0) is 30.9 Å². The quantitative estimate of drug-likeness (QED) is 0.862. The number of aryl methyl sites for hydroxylation is 1. The topological polar surface area (TPSA) is 62.4 Å². The third kappa shape index (κ3) is 3.30. The Labute approximate surface area is 129 Å². The first-order valence-corrected chi connectivity index (χ1v) is 7.72. The summed E-state index contributed by atoms with van der Waals surface area (Å²) in [5.41, 5.74) is 2.16. The van der Waals surface area contributed by atoms with Crippen molar-refractivity contribution >= 4 is 22.8 Å². The lowest BCUT2D eigenvalue weighted by atomic mass is 10.1. The summed E-state index contributed by atoms with van der Waals surface area (Å²) < 4.78 is 5.09. The van der Waals surface area contributed by atoms with E-state index < -0.39 is 0 Å². The Morgan fingerprint density at radius 3 is 2.77 bits per heavy atom. The molecule has 0 radical (unpaired) electrons. The summed E-state index contributed by atoms with van der Waals surface area (Å²) in [7, 11) is 0. The standard InChI is InChI=1S/C17H20N2O3/c20-16(19-9-3-4-10-19)12-22-17(21)8-7-13-11-18-15-6-2-1-5-14(13)15/h1-2,5-6,11,18H,3-4,7-10,12H2. The van der Waals surface area contributed by atoms with Gasteiger partial charge in [0.25, 0.3) is 5.91 Å². The van der Waals surface area contributed by atoms with Crippen LogP contribution in [0.25, 0.3) is 10.9 Å². The van der Waals surface area contributed by atoms with Crippen LogP contribution in [0.2, 0.25) is 0 Å². The number of nitrogens with one attached hydrogen (secondary N) is 1. The van der Waals surface area contributed by atoms with E-state index in [2.05, 4.69) is 4.98 Å². The number of ether oxygens (including phenoxy) is 1. The van der Waals surface area contributed by atoms with Crippen LogP contribution in [0.4, 0.5) is 0 Å². The number of hydrogen-bond acceptors (Lipinski definition) is 3. The molecule has 1 aliphatic rings. The Kier molecular flexibility index (Phi) is 4.42. The summed E-state index contributed by atoms with van der Waals surface area (Å²) in [6.07, 6.45) is 4.91. The smallest absolute Gasteiger partial charge is 0.306 e. The van der Waals surface area contributed by atoms with E-state index >= 15 is 0 Å². The summed E-state index contributed by atoms with van der Waals surface area (Å²) in [5.74, 6) is -0.407. The molecule has 5 nitrogen and oxygen atoms in total. The molecule has 1 aromatic heterocycles. The number of benzene rings is 1. The van der Waals surface area contributed by atoms with E-state index in [1.807, 2.05) is 30.5 Å². The number of aromatic amines is 1. The van der Waals surface area contributed by atoms with Crippen molar-refractivity contribution < 1.29 is 14.3 Å². The van der Waals surface area contributed by atoms with Gasteiger partial charge in [0.2, 0.25) is 0 Å². The van der Waals surface area contributed by atoms with E-state index in [1.165, 1.54) is 0 Å². The average molecular weight is 300 g/mol. The molecule has 3 rings (SSSR count). The average Bonchev–Trinajstić information content (AvgIpc) is 3.20. The Morgan fingerprint density at radius 1 is 1.18 bits per heavy atom. The molecule has 1 N–H and O–H groups in total. The highest BCUT2D eigenvalue weighted by Gasteiger charge is 2.19. The van der Waals surface area contributed by atoms with Crippen LogP contribution in [0.15, 0.2) is 30.5 Å². The van der Waals surface area contributed by atoms with Crippen molar-refractivity contribution in [3.63, 3.8) is 0 Å². The van der Waals surface area contributed by atoms with Crippen LogP contribution in [0.3, 0.4) is 0 Å². The van der Waals surface area contributed by atoms with Gasteiger partial charge in [-0.15, -0.1) is 0 Å². The van der Waals surface area contributed by atoms with Crippen LogP contribution in [0.1, 0.15) is 24.8 Å². The molecule has 0 spiro atoms. The molecule has 0 unspecified atom stereocenters. The Bertz CT molecular complexity index is 671. The summed E-state index contributed by atoms with van der Waals surface area (Å²) >= 11 is 0. The lowest BCUT2D eigenvalue weighted by Gasteiger charge is -2.14. The Morgan fingerprint density at radius 2 is 1.95 bits per heavy atom. The maximum atomic E-state index is 11.8. The molecular weight excluding hydrogens is 280 g/mol. The maximum absolute atomic E-state index is 11.8. The van der Waals surface area contributed by atoms with E-state index in [-0.39, 0.29) is 24.9 Å². The van der Waals surface area contributed by atoms with Gasteiger partial charge in [-0.25, -0.2) is 0 Å². The largest absolute Gasteiger partial charge is 0.456 e. The number of para-hydroxylation sites is 1. The molecule has 116 valence electrons. The molecule has 1 fully saturated rings. The van der Waals surface area contributed by atoms with Gasteiger partial charge in [0, 0.05) is 36.6 Å². The van der Waals surface area contributed by atoms with Gasteiger partial charge in [-0.3, -0.25) is 9.59 Å². The molecular formula is C17H20N2O3. The van der Waals surface area contributed by atoms with Crippen molar-refractivity contribution in [1.29, 1.82) is 0 Å². The van der Waals surface area contributed by atoms with Gasteiger partial charge in [0.1, 0.15) is 0 Å². The molecule has 0 bridgehead atoms. The molecule has 22 heavy (non-hydrogen) atoms. The lowest BCUT2D eigenvalue weighted by Crippen LogP contribution is -2.32. The second-order valence-electron chi connectivity index (χ2n) is 5.61. The van der Waals surface area contributed by atoms with Crippen LogP contribution in [-0.2, 0) is 20.7 Å². The van der Waals surface area contributed by atoms with Crippen molar-refractivity contribution in [3.8, 4) is 0 Å². The van der Waals surface area contributed by atoms with E-state index in [0.717, 1.165) is 42.4 Å². The number of fused-ring (bicyclic) bond motifs is 1. The van der Waals surface area contributed by atoms with Crippen LogP contribution in [-0.4, -0.2) is 41.5 Å². The first kappa shape index (κ1) is 14.6. The van der Waals surface area contributed by atoms with Gasteiger partial charge >= 0.3 is 5.97 Å². The predicted molar refractivity (Wildman–Crippen MR) is 83.4 cm³/mol. The molecule has 1 aromatic carbocycles. The van der Waals surface area contributed by atoms with E-state index in [1.54, 1.807) is 4.90 Å². The first-order chi connectivity index (χ1) is 10.7. The number of H-pyrrole nitrogens is 1. The fourth-order valence-corrected chi connectivity index (χ4v) is 2.85. The molecule has 0 atom stereocenters. The fourth-order valence-electron chi connectivity index (χ4n) is 2.85. The second kappa shape index (κ2) is 6.64. The highest BCUT2D eigenvalue weighted by Crippen LogP contribution is 2.19. The molecule has 1 aliphatic heterocycles. The molecule has 0 aliphatic carbocycles. The number of nitrogens with zero attached hydrogens (tertiary/aromatic N) is 1. The number of aromatic nitrogens is 1. The number of hydrogen-bond donors (Lipinski definition) is 1. The number of amides is 1. The van der Waals surface area contributed by atoms with Crippen LogP contribution in [0, 0.1) is 0 Å². The zero-order valence-electron chi connectivity index (χ0n) is 12.5. The summed E-state index contributed by atoms with van der Waals surface area (Å²) in [6.45, 7) is 1.43. The third-order valence-electron chi connectivity index (χ3n) is 4.09. The minimum atomic E-state index is -0.321. The number of rotatable bonds is 5. The van der Waals surface area contributed by atoms with Crippen LogP contribution < -0.4 is 0 Å². The number of esters is 1. The zero-order chi connectivity index (χ0) is 15.4. The van der Waals surface area contributed by atoms with Crippen molar-refractivity contribution in [1.82, 2.24) is 9.88 Å². The zero-order valence-corrected chi connectivity index (χ0v) is 12.5. The second-order valence-corrected chi connectivity index (χ2v) is 5.61. The highest BCUT2D eigenvalue weighted by molar-refractivity contribution is 5.84. The summed E-state index contributed by atoms with van der Waals surface area (Å²) in [4.78, 5) is 28.5. The monoisotopic (exact) mass is 300 g/mol. The van der Waals surface area contributed by atoms with Crippen LogP contribution >= 0.6 is 0 Å². The number of carbonyl (C=O) groups excluding carboxylic acids is 2. The molecule has 2 aromatic rings. The number of carbonyl (C=O) groups is 2. The SMILES string of the molecule is O=C(CCc1c[nH]c2ccccc12)OCC(=O)N1CCCC1. The summed E-state index contributed by atoms with van der Waals surface area (Å²) in [6, 6.07) is 7.99. The molecule has 5 heteroatoms. The molecule has 2 heterocycles. The predicted octanol–water partition coefficient (Wildman–Crippen LogP) is 2.27. The van der Waals surface area contributed by atoms with E-state index in [4.69, 9.17) is 4.74 Å². The highest BCUT2D eigenvalue weighted by atomic mass is 16.5. The van der Waals surface area contributed by atoms with Gasteiger partial charge in [-0.1, -0.05) is 18.2 Å². The first-order valence-electron chi connectivity index (χ1n) is 7.72. The lowest BCUT2D eigenvalue weighted by molar-refractivity contribution is -0.151. The van der Waals surface area contributed by atoms with Crippen molar-refractivity contribution in [2.75, 3.05) is 19.7 Å².